The van der Waals surface area contributed by atoms with Gasteiger partial charge in [-0.3, -0.25) is 9.69 Å². The number of benzene rings is 1. The van der Waals surface area contributed by atoms with Crippen molar-refractivity contribution in [3.63, 3.8) is 0 Å². The van der Waals surface area contributed by atoms with Crippen molar-refractivity contribution in [2.75, 3.05) is 11.4 Å². The lowest BCUT2D eigenvalue weighted by atomic mass is 10.1. The molecule has 9 heteroatoms. The van der Waals surface area contributed by atoms with Crippen LogP contribution in [0.15, 0.2) is 47.9 Å². The number of hydrogen-bond donors (Lipinski definition) is 0. The molecule has 26 heavy (non-hydrogen) atoms. The minimum absolute atomic E-state index is 0.118. The molecule has 6 nitrogen and oxygen atoms in total. The van der Waals surface area contributed by atoms with Gasteiger partial charge in [-0.15, -0.1) is 0 Å². The highest BCUT2D eigenvalue weighted by atomic mass is 19.4. The zero-order valence-corrected chi connectivity index (χ0v) is 13.6. The van der Waals surface area contributed by atoms with Crippen molar-refractivity contribution >= 4 is 18.1 Å². The second-order valence-corrected chi connectivity index (χ2v) is 5.66. The number of oxime groups is 1. The third-order valence-corrected chi connectivity index (χ3v) is 3.84. The number of nitrogens with zero attached hydrogens (tertiary/aromatic N) is 4. The van der Waals surface area contributed by atoms with Crippen molar-refractivity contribution in [2.45, 2.75) is 19.2 Å². The molecular weight excluding hydrogens is 349 g/mol. The van der Waals surface area contributed by atoms with Gasteiger partial charge in [0.1, 0.15) is 6.61 Å². The van der Waals surface area contributed by atoms with E-state index in [1.54, 1.807) is 18.5 Å². The number of amides is 1. The topological polar surface area (TPSA) is 67.7 Å². The van der Waals surface area contributed by atoms with Crippen LogP contribution in [-0.4, -0.2) is 28.6 Å². The SMILES string of the molecule is O=C1[C@H](/C=N\OCc2cccc(C(F)(F)F)c2)CCN1c1ncccn1. The van der Waals surface area contributed by atoms with Gasteiger partial charge in [0, 0.05) is 18.9 Å². The number of carbonyl (C=O) groups is 1. The molecule has 1 atom stereocenters. The lowest BCUT2D eigenvalue weighted by Crippen LogP contribution is -2.29. The van der Waals surface area contributed by atoms with E-state index in [9.17, 15) is 18.0 Å². The van der Waals surface area contributed by atoms with Gasteiger partial charge < -0.3 is 4.84 Å². The maximum Gasteiger partial charge on any atom is 0.416 e. The molecule has 1 amide bonds. The number of rotatable bonds is 5. The van der Waals surface area contributed by atoms with Crippen LogP contribution in [0.25, 0.3) is 0 Å². The molecule has 0 unspecified atom stereocenters. The first kappa shape index (κ1) is 17.8. The molecule has 1 aromatic carbocycles. The molecule has 1 fully saturated rings. The predicted molar refractivity (Wildman–Crippen MR) is 87.2 cm³/mol. The van der Waals surface area contributed by atoms with Gasteiger partial charge in [0.15, 0.2) is 0 Å². The fraction of sp³-hybridized carbons (Fsp3) is 0.294. The van der Waals surface area contributed by atoms with Crippen LogP contribution in [0.4, 0.5) is 19.1 Å². The first-order chi connectivity index (χ1) is 12.4. The zero-order valence-electron chi connectivity index (χ0n) is 13.6. The number of hydrogen-bond acceptors (Lipinski definition) is 5. The fourth-order valence-corrected chi connectivity index (χ4v) is 2.54. The molecule has 0 saturated carbocycles. The quantitative estimate of drug-likeness (QED) is 0.604. The van der Waals surface area contributed by atoms with Crippen molar-refractivity contribution in [2.24, 2.45) is 11.1 Å². The Morgan fingerprint density at radius 3 is 2.77 bits per heavy atom. The van der Waals surface area contributed by atoms with E-state index in [1.165, 1.54) is 23.2 Å². The molecule has 1 aromatic heterocycles. The molecule has 0 spiro atoms. The van der Waals surface area contributed by atoms with Gasteiger partial charge in [0.25, 0.3) is 0 Å². The van der Waals surface area contributed by atoms with Gasteiger partial charge >= 0.3 is 6.18 Å². The molecule has 2 aromatic rings. The van der Waals surface area contributed by atoms with Gasteiger partial charge in [0.05, 0.1) is 17.7 Å². The van der Waals surface area contributed by atoms with E-state index >= 15 is 0 Å². The second kappa shape index (κ2) is 7.51. The van der Waals surface area contributed by atoms with Crippen molar-refractivity contribution in [3.8, 4) is 0 Å². The van der Waals surface area contributed by atoms with Crippen LogP contribution in [0.5, 0.6) is 0 Å². The number of anilines is 1. The standard InChI is InChI=1S/C17H15F3N4O2/c18-17(19,20)14-4-1-3-12(9-14)11-26-23-10-13-5-8-24(15(13)25)16-21-6-2-7-22-16/h1-4,6-7,9-10,13H,5,8,11H2/b23-10-/t13-/m0/s1. The Balaban J connectivity index is 1.54. The molecular formula is C17H15F3N4O2. The summed E-state index contributed by atoms with van der Waals surface area (Å²) in [7, 11) is 0. The summed E-state index contributed by atoms with van der Waals surface area (Å²) in [6.45, 7) is 0.347. The Bertz CT molecular complexity index is 796. The molecule has 2 heterocycles. The van der Waals surface area contributed by atoms with Crippen molar-refractivity contribution < 1.29 is 22.8 Å². The summed E-state index contributed by atoms with van der Waals surface area (Å²) in [4.78, 5) is 26.9. The van der Waals surface area contributed by atoms with Crippen molar-refractivity contribution in [3.05, 3.63) is 53.9 Å². The number of halogens is 3. The largest absolute Gasteiger partial charge is 0.416 e. The normalized spacial score (nSPS) is 17.9. The average Bonchev–Trinajstić information content (AvgIpc) is 3.00. The summed E-state index contributed by atoms with van der Waals surface area (Å²) in [5.41, 5.74) is -0.402. The smallest absolute Gasteiger partial charge is 0.391 e. The van der Waals surface area contributed by atoms with Crippen molar-refractivity contribution in [1.29, 1.82) is 0 Å². The van der Waals surface area contributed by atoms with Crippen LogP contribution in [-0.2, 0) is 22.4 Å². The molecule has 1 aliphatic rings. The van der Waals surface area contributed by atoms with Crippen molar-refractivity contribution in [1.82, 2.24) is 9.97 Å². The molecule has 0 aliphatic carbocycles. The zero-order chi connectivity index (χ0) is 18.6. The summed E-state index contributed by atoms with van der Waals surface area (Å²) in [5.74, 6) is -0.332. The lowest BCUT2D eigenvalue weighted by molar-refractivity contribution is -0.137. The maximum absolute atomic E-state index is 12.7. The van der Waals surface area contributed by atoms with Gasteiger partial charge in [-0.2, -0.15) is 13.2 Å². The van der Waals surface area contributed by atoms with E-state index in [0.717, 1.165) is 12.1 Å². The molecule has 0 N–H and O–H groups in total. The fourth-order valence-electron chi connectivity index (χ4n) is 2.54. The first-order valence-electron chi connectivity index (χ1n) is 7.85. The van der Waals surface area contributed by atoms with Crippen LogP contribution < -0.4 is 4.90 Å². The monoisotopic (exact) mass is 364 g/mol. The highest BCUT2D eigenvalue weighted by Crippen LogP contribution is 2.29. The van der Waals surface area contributed by atoms with E-state index in [4.69, 9.17) is 4.84 Å². The Morgan fingerprint density at radius 1 is 1.27 bits per heavy atom. The summed E-state index contributed by atoms with van der Waals surface area (Å²) < 4.78 is 38.0. The number of carbonyl (C=O) groups excluding carboxylic acids is 1. The highest BCUT2D eigenvalue weighted by molar-refractivity contribution is 6.04. The molecule has 136 valence electrons. The van der Waals surface area contributed by atoms with Gasteiger partial charge in [-0.1, -0.05) is 17.3 Å². The Kier molecular flexibility index (Phi) is 5.15. The Morgan fingerprint density at radius 2 is 2.04 bits per heavy atom. The number of alkyl halides is 3. The third-order valence-electron chi connectivity index (χ3n) is 3.84. The van der Waals surface area contributed by atoms with E-state index in [0.29, 0.717) is 24.5 Å². The maximum atomic E-state index is 12.7. The van der Waals surface area contributed by atoms with E-state index in [1.807, 2.05) is 0 Å². The molecule has 3 rings (SSSR count). The highest BCUT2D eigenvalue weighted by Gasteiger charge is 2.33. The Labute approximate surface area is 147 Å². The van der Waals surface area contributed by atoms with Gasteiger partial charge in [0.2, 0.25) is 11.9 Å². The van der Waals surface area contributed by atoms with E-state index < -0.39 is 17.7 Å². The van der Waals surface area contributed by atoms with Crippen LogP contribution in [0.1, 0.15) is 17.5 Å². The second-order valence-electron chi connectivity index (χ2n) is 5.66. The average molecular weight is 364 g/mol. The minimum atomic E-state index is -4.40. The third kappa shape index (κ3) is 4.16. The summed E-state index contributed by atoms with van der Waals surface area (Å²) in [6.07, 6.45) is 0.593. The minimum Gasteiger partial charge on any atom is -0.391 e. The van der Waals surface area contributed by atoms with Crippen LogP contribution in [0.3, 0.4) is 0 Å². The van der Waals surface area contributed by atoms with Crippen LogP contribution in [0, 0.1) is 5.92 Å². The molecule has 0 bridgehead atoms. The van der Waals surface area contributed by atoms with Crippen LogP contribution >= 0.6 is 0 Å². The van der Waals surface area contributed by atoms with E-state index in [-0.39, 0.29) is 12.5 Å². The Hall–Kier alpha value is -2.97. The molecule has 1 aliphatic heterocycles. The predicted octanol–water partition coefficient (Wildman–Crippen LogP) is 3.05. The number of aromatic nitrogens is 2. The first-order valence-corrected chi connectivity index (χ1v) is 7.85. The molecule has 1 saturated heterocycles. The van der Waals surface area contributed by atoms with E-state index in [2.05, 4.69) is 15.1 Å². The van der Waals surface area contributed by atoms with Crippen LogP contribution in [0.2, 0.25) is 0 Å². The summed E-state index contributed by atoms with van der Waals surface area (Å²) >= 11 is 0. The lowest BCUT2D eigenvalue weighted by Gasteiger charge is -2.12. The molecule has 0 radical (unpaired) electrons. The van der Waals surface area contributed by atoms with Gasteiger partial charge in [-0.05, 0) is 30.2 Å². The van der Waals surface area contributed by atoms with Gasteiger partial charge in [-0.25, -0.2) is 9.97 Å². The summed E-state index contributed by atoms with van der Waals surface area (Å²) in [6, 6.07) is 6.48. The summed E-state index contributed by atoms with van der Waals surface area (Å²) in [5, 5.41) is 3.72.